The van der Waals surface area contributed by atoms with E-state index in [1.165, 1.54) is 6.07 Å². The third-order valence-corrected chi connectivity index (χ3v) is 5.71. The quantitative estimate of drug-likeness (QED) is 0.653. The maximum absolute atomic E-state index is 13.3. The molecule has 7 nitrogen and oxygen atoms in total. The fraction of sp³-hybridized carbons (Fsp3) is 0.333. The molecule has 1 aliphatic carbocycles. The molecule has 1 aliphatic rings. The minimum Gasteiger partial charge on any atom is -0.365 e. The van der Waals surface area contributed by atoms with Crippen LogP contribution in [0.3, 0.4) is 0 Å². The molecule has 0 atom stereocenters. The molecule has 3 N–H and O–H groups in total. The third kappa shape index (κ3) is 3.24. The normalized spacial score (nSPS) is 14.0. The van der Waals surface area contributed by atoms with E-state index < -0.39 is 18.2 Å². The molecule has 0 aromatic carbocycles. The van der Waals surface area contributed by atoms with Crippen LogP contribution >= 0.6 is 11.3 Å². The molecule has 0 aliphatic heterocycles. The Morgan fingerprint density at radius 1 is 1.43 bits per heavy atom. The first-order valence-corrected chi connectivity index (χ1v) is 9.60. The summed E-state index contributed by atoms with van der Waals surface area (Å²) in [4.78, 5) is 29.0. The maximum Gasteiger partial charge on any atom is 0.280 e. The number of halogens is 2. The number of amides is 2. The Bertz CT molecular complexity index is 1090. The van der Waals surface area contributed by atoms with Gasteiger partial charge in [0, 0.05) is 18.1 Å². The minimum atomic E-state index is -2.72. The molecule has 10 heteroatoms. The van der Waals surface area contributed by atoms with Gasteiger partial charge < -0.3 is 11.1 Å². The van der Waals surface area contributed by atoms with Crippen LogP contribution in [0.5, 0.6) is 0 Å². The number of carbonyl (C=O) groups is 2. The van der Waals surface area contributed by atoms with Crippen molar-refractivity contribution in [3.8, 4) is 0 Å². The first-order valence-electron chi connectivity index (χ1n) is 8.79. The van der Waals surface area contributed by atoms with Crippen LogP contribution in [0.4, 0.5) is 14.5 Å². The molecule has 4 rings (SSSR count). The number of nitrogens with one attached hydrogen (secondary N) is 1. The monoisotopic (exact) mass is 405 g/mol. The lowest BCUT2D eigenvalue weighted by molar-refractivity contribution is 0.100. The standard InChI is InChI=1S/C18H17F2N5O2S/c1-2-25-6-5-10(24-25)17(27)23-13-12-9(8-3-4-8)7-11(15(19)20)22-18(12)28-14(13)16(21)26/h5-8,15H,2-4H2,1H3,(H2,21,26)(H,23,27). The number of nitrogens with zero attached hydrogens (tertiary/aromatic N) is 3. The van der Waals surface area contributed by atoms with Crippen LogP contribution in [0.2, 0.25) is 0 Å². The molecule has 0 saturated heterocycles. The molecule has 3 aromatic rings. The molecule has 0 unspecified atom stereocenters. The van der Waals surface area contributed by atoms with Crippen molar-refractivity contribution in [1.29, 1.82) is 0 Å². The summed E-state index contributed by atoms with van der Waals surface area (Å²) in [5.41, 5.74) is 6.21. The molecule has 28 heavy (non-hydrogen) atoms. The molecule has 3 aromatic heterocycles. The van der Waals surface area contributed by atoms with Gasteiger partial charge in [-0.25, -0.2) is 13.8 Å². The summed E-state index contributed by atoms with van der Waals surface area (Å²) in [6.45, 7) is 2.49. The number of fused-ring (bicyclic) bond motifs is 1. The first-order chi connectivity index (χ1) is 13.4. The summed E-state index contributed by atoms with van der Waals surface area (Å²) in [5, 5.41) is 7.36. The van der Waals surface area contributed by atoms with E-state index in [4.69, 9.17) is 5.73 Å². The molecular formula is C18H17F2N5O2S. The second kappa shape index (κ2) is 6.93. The van der Waals surface area contributed by atoms with Crippen molar-refractivity contribution in [1.82, 2.24) is 14.8 Å². The van der Waals surface area contributed by atoms with Crippen LogP contribution in [-0.4, -0.2) is 26.6 Å². The lowest BCUT2D eigenvalue weighted by atomic mass is 10.0. The average Bonchev–Trinajstić information content (AvgIpc) is 3.27. The number of hydrogen-bond acceptors (Lipinski definition) is 5. The number of rotatable bonds is 6. The largest absolute Gasteiger partial charge is 0.365 e. The highest BCUT2D eigenvalue weighted by Crippen LogP contribution is 2.48. The fourth-order valence-electron chi connectivity index (χ4n) is 3.10. The SMILES string of the molecule is CCn1ccc(C(=O)Nc2c(C(N)=O)sc3nc(C(F)F)cc(C4CC4)c23)n1. The maximum atomic E-state index is 13.3. The van der Waals surface area contributed by atoms with Crippen LogP contribution in [0.15, 0.2) is 18.3 Å². The van der Waals surface area contributed by atoms with Crippen molar-refractivity contribution < 1.29 is 18.4 Å². The number of nitrogens with two attached hydrogens (primary N) is 1. The van der Waals surface area contributed by atoms with E-state index in [0.29, 0.717) is 17.5 Å². The second-order valence-electron chi connectivity index (χ2n) is 6.57. The molecule has 3 heterocycles. The van der Waals surface area contributed by atoms with Crippen molar-refractivity contribution in [2.75, 3.05) is 5.32 Å². The lowest BCUT2D eigenvalue weighted by Gasteiger charge is -2.09. The van der Waals surface area contributed by atoms with Crippen LogP contribution in [0, 0.1) is 0 Å². The molecular weight excluding hydrogens is 388 g/mol. The average molecular weight is 405 g/mol. The van der Waals surface area contributed by atoms with Crippen molar-refractivity contribution >= 4 is 39.1 Å². The van der Waals surface area contributed by atoms with Crippen molar-refractivity contribution in [2.24, 2.45) is 5.73 Å². The summed E-state index contributed by atoms with van der Waals surface area (Å²) >= 11 is 0.910. The number of aromatic nitrogens is 3. The van der Waals surface area contributed by atoms with Gasteiger partial charge in [0.2, 0.25) is 0 Å². The summed E-state index contributed by atoms with van der Waals surface area (Å²) < 4.78 is 28.1. The zero-order chi connectivity index (χ0) is 20.0. The number of anilines is 1. The summed E-state index contributed by atoms with van der Waals surface area (Å²) in [7, 11) is 0. The van der Waals surface area contributed by atoms with Crippen LogP contribution in [0.1, 0.15) is 63.5 Å². The number of thiophene rings is 1. The van der Waals surface area contributed by atoms with Crippen LogP contribution in [-0.2, 0) is 6.54 Å². The number of primary amides is 1. The number of aryl methyl sites for hydroxylation is 1. The summed E-state index contributed by atoms with van der Waals surface area (Å²) in [6.07, 6.45) is 0.661. The lowest BCUT2D eigenvalue weighted by Crippen LogP contribution is -2.17. The van der Waals surface area contributed by atoms with E-state index in [9.17, 15) is 18.4 Å². The fourth-order valence-corrected chi connectivity index (χ4v) is 4.13. The van der Waals surface area contributed by atoms with Gasteiger partial charge in [0.25, 0.3) is 18.2 Å². The predicted molar refractivity (Wildman–Crippen MR) is 101 cm³/mol. The minimum absolute atomic E-state index is 0.0825. The van der Waals surface area contributed by atoms with E-state index in [1.54, 1.807) is 16.9 Å². The third-order valence-electron chi connectivity index (χ3n) is 4.61. The van der Waals surface area contributed by atoms with Crippen molar-refractivity contribution in [2.45, 2.75) is 38.7 Å². The molecule has 0 radical (unpaired) electrons. The van der Waals surface area contributed by atoms with Gasteiger partial charge in [-0.3, -0.25) is 14.3 Å². The zero-order valence-corrected chi connectivity index (χ0v) is 15.7. The second-order valence-corrected chi connectivity index (χ2v) is 7.57. The highest BCUT2D eigenvalue weighted by molar-refractivity contribution is 7.21. The Kier molecular flexibility index (Phi) is 4.58. The van der Waals surface area contributed by atoms with Gasteiger partial charge >= 0.3 is 0 Å². The van der Waals surface area contributed by atoms with Gasteiger partial charge in [-0.2, -0.15) is 5.10 Å². The molecule has 0 bridgehead atoms. The number of hydrogen-bond donors (Lipinski definition) is 2. The smallest absolute Gasteiger partial charge is 0.280 e. The Balaban J connectivity index is 1.84. The number of alkyl halides is 2. The van der Waals surface area contributed by atoms with Gasteiger partial charge in [0.05, 0.1) is 5.69 Å². The van der Waals surface area contributed by atoms with Crippen molar-refractivity contribution in [3.63, 3.8) is 0 Å². The molecule has 1 saturated carbocycles. The van der Waals surface area contributed by atoms with Gasteiger partial charge in [0.1, 0.15) is 15.4 Å². The Morgan fingerprint density at radius 3 is 2.75 bits per heavy atom. The Labute approximate surface area is 162 Å². The van der Waals surface area contributed by atoms with Crippen LogP contribution in [0.25, 0.3) is 10.2 Å². The molecule has 146 valence electrons. The van der Waals surface area contributed by atoms with E-state index in [-0.39, 0.29) is 32.7 Å². The number of pyridine rings is 1. The van der Waals surface area contributed by atoms with E-state index in [0.717, 1.165) is 24.2 Å². The summed E-state index contributed by atoms with van der Waals surface area (Å²) in [5.74, 6) is -1.15. The van der Waals surface area contributed by atoms with E-state index in [1.807, 2.05) is 6.92 Å². The van der Waals surface area contributed by atoms with E-state index in [2.05, 4.69) is 15.4 Å². The van der Waals surface area contributed by atoms with E-state index >= 15 is 0 Å². The van der Waals surface area contributed by atoms with Gasteiger partial charge in [0.15, 0.2) is 5.69 Å². The van der Waals surface area contributed by atoms with Crippen LogP contribution < -0.4 is 11.1 Å². The number of carbonyl (C=O) groups excluding carboxylic acids is 2. The summed E-state index contributed by atoms with van der Waals surface area (Å²) in [6, 6.07) is 2.93. The van der Waals surface area contributed by atoms with Gasteiger partial charge in [-0.1, -0.05) is 0 Å². The zero-order valence-electron chi connectivity index (χ0n) is 14.9. The molecule has 0 spiro atoms. The predicted octanol–water partition coefficient (Wildman–Crippen LogP) is 3.68. The highest BCUT2D eigenvalue weighted by atomic mass is 32.1. The van der Waals surface area contributed by atoms with Gasteiger partial charge in [-0.05, 0) is 43.4 Å². The molecule has 2 amide bonds. The molecule has 1 fully saturated rings. The Morgan fingerprint density at radius 2 is 2.18 bits per heavy atom. The topological polar surface area (TPSA) is 103 Å². The first kappa shape index (κ1) is 18.5. The van der Waals surface area contributed by atoms with Gasteiger partial charge in [-0.15, -0.1) is 11.3 Å². The Hall–Kier alpha value is -2.88. The van der Waals surface area contributed by atoms with Crippen molar-refractivity contribution in [3.05, 3.63) is 40.2 Å². The highest BCUT2D eigenvalue weighted by Gasteiger charge is 2.32.